The summed E-state index contributed by atoms with van der Waals surface area (Å²) in [4.78, 5) is 11.0. The van der Waals surface area contributed by atoms with E-state index in [-0.39, 0.29) is 22.0 Å². The number of Topliss-reactive ketones (excluding diaryl/α,β-unsaturated/α-hetero) is 1. The molecule has 15 heavy (non-hydrogen) atoms. The van der Waals surface area contributed by atoms with Crippen LogP contribution in [0.25, 0.3) is 0 Å². The van der Waals surface area contributed by atoms with Crippen molar-refractivity contribution in [2.75, 3.05) is 7.05 Å². The average Bonchev–Trinajstić information content (AvgIpc) is 2.17. The van der Waals surface area contributed by atoms with Gasteiger partial charge in [-0.05, 0) is 32.2 Å². The lowest BCUT2D eigenvalue weighted by molar-refractivity contribution is 0.101. The highest BCUT2D eigenvalue weighted by Crippen LogP contribution is 2.21. The Morgan fingerprint density at radius 3 is 2.47 bits per heavy atom. The van der Waals surface area contributed by atoms with Crippen LogP contribution >= 0.6 is 0 Å². The van der Waals surface area contributed by atoms with Crippen molar-refractivity contribution >= 4 is 15.8 Å². The molecule has 2 N–H and O–H groups in total. The zero-order chi connectivity index (χ0) is 11.6. The van der Waals surface area contributed by atoms with Crippen LogP contribution < -0.4 is 4.72 Å². The lowest BCUT2D eigenvalue weighted by Crippen LogP contribution is -2.18. The van der Waals surface area contributed by atoms with E-state index < -0.39 is 10.0 Å². The SMILES string of the molecule is CNS(=O)(=O)c1ccc(O)c(C(C)=O)c1. The molecule has 0 aliphatic heterocycles. The molecule has 5 nitrogen and oxygen atoms in total. The van der Waals surface area contributed by atoms with E-state index >= 15 is 0 Å². The van der Waals surface area contributed by atoms with Crippen LogP contribution in [-0.4, -0.2) is 26.4 Å². The standard InChI is InChI=1S/C9H11NO4S/c1-6(11)8-5-7(3-4-9(8)12)15(13,14)10-2/h3-5,10,12H,1-2H3. The number of phenolic OH excluding ortho intramolecular Hbond substituents is 1. The molecule has 0 fully saturated rings. The Kier molecular flexibility index (Phi) is 3.11. The fourth-order valence-corrected chi connectivity index (χ4v) is 1.84. The molecule has 0 radical (unpaired) electrons. The molecule has 6 heteroatoms. The normalized spacial score (nSPS) is 11.3. The Balaban J connectivity index is 3.38. The Morgan fingerprint density at radius 2 is 2.00 bits per heavy atom. The molecule has 0 bridgehead atoms. The van der Waals surface area contributed by atoms with Crippen LogP contribution in [0, 0.1) is 0 Å². The molecular formula is C9H11NO4S. The molecule has 0 aromatic heterocycles. The minimum absolute atomic E-state index is 0.00803. The third kappa shape index (κ3) is 2.34. The Morgan fingerprint density at radius 1 is 1.40 bits per heavy atom. The van der Waals surface area contributed by atoms with Crippen LogP contribution in [0.15, 0.2) is 23.1 Å². The second-order valence-electron chi connectivity index (χ2n) is 2.94. The summed E-state index contributed by atoms with van der Waals surface area (Å²) in [7, 11) is -2.31. The molecule has 0 unspecified atom stereocenters. The van der Waals surface area contributed by atoms with E-state index in [4.69, 9.17) is 0 Å². The predicted molar refractivity (Wildman–Crippen MR) is 54.4 cm³/mol. The van der Waals surface area contributed by atoms with E-state index in [1.807, 2.05) is 0 Å². The zero-order valence-electron chi connectivity index (χ0n) is 8.31. The van der Waals surface area contributed by atoms with Gasteiger partial charge in [0.2, 0.25) is 10.0 Å². The van der Waals surface area contributed by atoms with E-state index in [1.54, 1.807) is 0 Å². The maximum Gasteiger partial charge on any atom is 0.240 e. The molecule has 0 aliphatic rings. The first-order valence-electron chi connectivity index (χ1n) is 4.16. The van der Waals surface area contributed by atoms with Crippen LogP contribution in [0.3, 0.4) is 0 Å². The smallest absolute Gasteiger partial charge is 0.240 e. The summed E-state index contributed by atoms with van der Waals surface area (Å²) in [5.41, 5.74) is -0.00803. The van der Waals surface area contributed by atoms with E-state index in [1.165, 1.54) is 26.1 Å². The van der Waals surface area contributed by atoms with Gasteiger partial charge in [-0.15, -0.1) is 0 Å². The largest absolute Gasteiger partial charge is 0.507 e. The third-order valence-corrected chi connectivity index (χ3v) is 3.34. The topological polar surface area (TPSA) is 83.5 Å². The maximum atomic E-state index is 11.4. The van der Waals surface area contributed by atoms with Crippen molar-refractivity contribution in [2.24, 2.45) is 0 Å². The van der Waals surface area contributed by atoms with E-state index in [0.29, 0.717) is 0 Å². The van der Waals surface area contributed by atoms with Crippen molar-refractivity contribution in [3.05, 3.63) is 23.8 Å². The number of hydrogen-bond donors (Lipinski definition) is 2. The highest BCUT2D eigenvalue weighted by Gasteiger charge is 2.15. The number of hydrogen-bond acceptors (Lipinski definition) is 4. The molecule has 1 rings (SSSR count). The van der Waals surface area contributed by atoms with Gasteiger partial charge in [0, 0.05) is 0 Å². The summed E-state index contributed by atoms with van der Waals surface area (Å²) in [6, 6.07) is 3.55. The number of sulfonamides is 1. The fourth-order valence-electron chi connectivity index (χ4n) is 1.08. The monoisotopic (exact) mass is 229 g/mol. The average molecular weight is 229 g/mol. The van der Waals surface area contributed by atoms with Crippen molar-refractivity contribution in [3.8, 4) is 5.75 Å². The molecule has 0 saturated heterocycles. The number of aromatic hydroxyl groups is 1. The summed E-state index contributed by atoms with van der Waals surface area (Å²) in [6.45, 7) is 1.25. The Hall–Kier alpha value is -1.40. The van der Waals surface area contributed by atoms with Gasteiger partial charge < -0.3 is 5.11 Å². The van der Waals surface area contributed by atoms with Crippen LogP contribution in [-0.2, 0) is 10.0 Å². The van der Waals surface area contributed by atoms with E-state index in [0.717, 1.165) is 6.07 Å². The minimum atomic E-state index is -3.58. The fraction of sp³-hybridized carbons (Fsp3) is 0.222. The molecule has 0 heterocycles. The number of rotatable bonds is 3. The number of nitrogens with one attached hydrogen (secondary N) is 1. The van der Waals surface area contributed by atoms with Crippen molar-refractivity contribution in [3.63, 3.8) is 0 Å². The number of carbonyl (C=O) groups is 1. The number of ketones is 1. The number of phenols is 1. The summed E-state index contributed by atoms with van der Waals surface area (Å²) in [6.07, 6.45) is 0. The van der Waals surface area contributed by atoms with Crippen LogP contribution in [0.2, 0.25) is 0 Å². The highest BCUT2D eigenvalue weighted by atomic mass is 32.2. The van der Waals surface area contributed by atoms with Gasteiger partial charge in [0.1, 0.15) is 5.75 Å². The number of benzene rings is 1. The molecule has 0 saturated carbocycles. The first-order valence-corrected chi connectivity index (χ1v) is 5.64. The van der Waals surface area contributed by atoms with Gasteiger partial charge in [-0.25, -0.2) is 13.1 Å². The van der Waals surface area contributed by atoms with E-state index in [2.05, 4.69) is 4.72 Å². The lowest BCUT2D eigenvalue weighted by atomic mass is 10.1. The van der Waals surface area contributed by atoms with Crippen LogP contribution in [0.4, 0.5) is 0 Å². The molecule has 0 aliphatic carbocycles. The molecule has 0 spiro atoms. The van der Waals surface area contributed by atoms with Gasteiger partial charge in [0.05, 0.1) is 10.5 Å². The molecule has 1 aromatic carbocycles. The molecular weight excluding hydrogens is 218 g/mol. The zero-order valence-corrected chi connectivity index (χ0v) is 9.13. The van der Waals surface area contributed by atoms with Gasteiger partial charge in [0.25, 0.3) is 0 Å². The van der Waals surface area contributed by atoms with Gasteiger partial charge in [-0.1, -0.05) is 0 Å². The predicted octanol–water partition coefficient (Wildman–Crippen LogP) is 0.503. The third-order valence-electron chi connectivity index (χ3n) is 1.93. The molecule has 82 valence electrons. The van der Waals surface area contributed by atoms with Crippen molar-refractivity contribution in [1.29, 1.82) is 0 Å². The molecule has 0 amide bonds. The van der Waals surface area contributed by atoms with Crippen LogP contribution in [0.1, 0.15) is 17.3 Å². The summed E-state index contributed by atoms with van der Waals surface area (Å²) >= 11 is 0. The van der Waals surface area contributed by atoms with Crippen LogP contribution in [0.5, 0.6) is 5.75 Å². The highest BCUT2D eigenvalue weighted by molar-refractivity contribution is 7.89. The summed E-state index contributed by atoms with van der Waals surface area (Å²) in [5, 5.41) is 9.31. The first-order chi connectivity index (χ1) is 6.88. The van der Waals surface area contributed by atoms with Gasteiger partial charge in [-0.3, -0.25) is 4.79 Å². The minimum Gasteiger partial charge on any atom is -0.507 e. The quantitative estimate of drug-likeness (QED) is 0.739. The second-order valence-corrected chi connectivity index (χ2v) is 4.83. The molecule has 1 aromatic rings. The number of carbonyl (C=O) groups excluding carboxylic acids is 1. The van der Waals surface area contributed by atoms with Crippen molar-refractivity contribution < 1.29 is 18.3 Å². The summed E-state index contributed by atoms with van der Waals surface area (Å²) < 4.78 is 24.9. The van der Waals surface area contributed by atoms with Crippen molar-refractivity contribution in [2.45, 2.75) is 11.8 Å². The Bertz CT molecular complexity index is 493. The summed E-state index contributed by atoms with van der Waals surface area (Å²) in [5.74, 6) is -0.613. The maximum absolute atomic E-state index is 11.4. The van der Waals surface area contributed by atoms with Gasteiger partial charge in [-0.2, -0.15) is 0 Å². The Labute approximate surface area is 87.8 Å². The lowest BCUT2D eigenvalue weighted by Gasteiger charge is -2.05. The van der Waals surface area contributed by atoms with Gasteiger partial charge in [0.15, 0.2) is 5.78 Å². The first kappa shape index (κ1) is 11.7. The molecule has 0 atom stereocenters. The van der Waals surface area contributed by atoms with Gasteiger partial charge >= 0.3 is 0 Å². The second kappa shape index (κ2) is 4.00. The van der Waals surface area contributed by atoms with Crippen molar-refractivity contribution in [1.82, 2.24) is 4.72 Å². The van der Waals surface area contributed by atoms with E-state index in [9.17, 15) is 18.3 Å².